The molecule has 0 radical (unpaired) electrons. The van der Waals surface area contributed by atoms with E-state index in [4.69, 9.17) is 8.92 Å². The molecule has 1 N–H and O–H groups in total. The molecule has 1 atom stereocenters. The van der Waals surface area contributed by atoms with E-state index < -0.39 is 10.1 Å². The molecular weight excluding hydrogens is 380 g/mol. The molecule has 8 heteroatoms. The molecule has 0 heterocycles. The smallest absolute Gasteiger partial charge is 0.322 e. The molecule has 0 aliphatic carbocycles. The van der Waals surface area contributed by atoms with Crippen molar-refractivity contribution in [2.45, 2.75) is 32.9 Å². The van der Waals surface area contributed by atoms with Crippen molar-refractivity contribution in [3.05, 3.63) is 54.1 Å². The minimum absolute atomic E-state index is 0.0231. The van der Waals surface area contributed by atoms with Gasteiger partial charge in [-0.3, -0.25) is 0 Å². The first-order valence-electron chi connectivity index (χ1n) is 8.92. The van der Waals surface area contributed by atoms with Crippen LogP contribution in [0.4, 0.5) is 10.5 Å². The summed E-state index contributed by atoms with van der Waals surface area (Å²) in [5.74, 6) is 0.871. The summed E-state index contributed by atoms with van der Waals surface area (Å²) in [4.78, 5) is 14.6. The molecule has 0 unspecified atom stereocenters. The number of urea groups is 1. The molecule has 0 fully saturated rings. The highest BCUT2D eigenvalue weighted by molar-refractivity contribution is 7.86. The Labute approximate surface area is 166 Å². The molecule has 0 saturated carbocycles. The second-order valence-electron chi connectivity index (χ2n) is 6.48. The molecule has 28 heavy (non-hydrogen) atoms. The predicted molar refractivity (Wildman–Crippen MR) is 109 cm³/mol. The number of carbonyl (C=O) groups excluding carboxylic acids is 1. The van der Waals surface area contributed by atoms with E-state index in [1.807, 2.05) is 19.9 Å². The second-order valence-corrected chi connectivity index (χ2v) is 8.06. The van der Waals surface area contributed by atoms with Crippen molar-refractivity contribution in [1.29, 1.82) is 0 Å². The van der Waals surface area contributed by atoms with Crippen LogP contribution in [-0.2, 0) is 16.7 Å². The normalized spacial score (nSPS) is 12.1. The van der Waals surface area contributed by atoms with Gasteiger partial charge in [-0.15, -0.1) is 0 Å². The Balaban J connectivity index is 2.19. The fourth-order valence-corrected chi connectivity index (χ4v) is 3.06. The number of hydrogen-bond acceptors (Lipinski definition) is 5. The zero-order valence-corrected chi connectivity index (χ0v) is 17.3. The Kier molecular flexibility index (Phi) is 7.28. The van der Waals surface area contributed by atoms with Gasteiger partial charge in [0.1, 0.15) is 11.5 Å². The van der Waals surface area contributed by atoms with E-state index in [0.717, 1.165) is 18.2 Å². The van der Waals surface area contributed by atoms with Crippen LogP contribution >= 0.6 is 0 Å². The van der Waals surface area contributed by atoms with E-state index in [-0.39, 0.29) is 17.8 Å². The van der Waals surface area contributed by atoms with Crippen LogP contribution in [-0.4, -0.2) is 38.8 Å². The van der Waals surface area contributed by atoms with Gasteiger partial charge in [-0.1, -0.05) is 25.1 Å². The number of nitrogens with zero attached hydrogens (tertiary/aromatic N) is 1. The van der Waals surface area contributed by atoms with Crippen molar-refractivity contribution in [1.82, 2.24) is 4.90 Å². The maximum Gasteiger partial charge on any atom is 0.322 e. The van der Waals surface area contributed by atoms with Gasteiger partial charge in [0, 0.05) is 24.3 Å². The summed E-state index contributed by atoms with van der Waals surface area (Å²) in [5.41, 5.74) is 1.40. The van der Waals surface area contributed by atoms with Gasteiger partial charge in [0.25, 0.3) is 0 Å². The Morgan fingerprint density at radius 2 is 1.82 bits per heavy atom. The third-order valence-corrected chi connectivity index (χ3v) is 4.70. The topological polar surface area (TPSA) is 84.9 Å². The lowest BCUT2D eigenvalue weighted by Crippen LogP contribution is -2.40. The third kappa shape index (κ3) is 6.45. The molecule has 0 aromatic heterocycles. The highest BCUT2D eigenvalue weighted by Crippen LogP contribution is 2.21. The number of carbonyl (C=O) groups is 1. The molecule has 0 aliphatic rings. The molecule has 2 rings (SSSR count). The number of hydrogen-bond donors (Lipinski definition) is 1. The molecule has 7 nitrogen and oxygen atoms in total. The van der Waals surface area contributed by atoms with Gasteiger partial charge >= 0.3 is 16.1 Å². The molecule has 2 aromatic carbocycles. The monoisotopic (exact) mass is 406 g/mol. The number of benzene rings is 2. The summed E-state index contributed by atoms with van der Waals surface area (Å²) in [6, 6.07) is 13.6. The first-order chi connectivity index (χ1) is 13.2. The van der Waals surface area contributed by atoms with Gasteiger partial charge < -0.3 is 19.1 Å². The van der Waals surface area contributed by atoms with Crippen molar-refractivity contribution >= 4 is 21.8 Å². The van der Waals surface area contributed by atoms with E-state index in [1.165, 1.54) is 0 Å². The van der Waals surface area contributed by atoms with Crippen molar-refractivity contribution in [2.75, 3.05) is 18.7 Å². The maximum absolute atomic E-state index is 12.9. The standard InChI is InChI=1S/C20H26N2O5S/c1-5-15(2)22(20(23)21-17-9-7-10-18(13-17)26-3)14-16-8-6-11-19(12-16)27-28(4,24)25/h6-13,15H,5,14H2,1-4H3,(H,21,23)/t15-/m0/s1. The lowest BCUT2D eigenvalue weighted by atomic mass is 10.1. The van der Waals surface area contributed by atoms with E-state index in [1.54, 1.807) is 54.5 Å². The van der Waals surface area contributed by atoms with Crippen LogP contribution < -0.4 is 14.2 Å². The Bertz CT molecular complexity index is 914. The predicted octanol–water partition coefficient (Wildman–Crippen LogP) is 3.87. The minimum Gasteiger partial charge on any atom is -0.497 e. The van der Waals surface area contributed by atoms with Crippen LogP contribution in [0.25, 0.3) is 0 Å². The molecule has 0 spiro atoms. The van der Waals surface area contributed by atoms with Crippen LogP contribution in [0.3, 0.4) is 0 Å². The van der Waals surface area contributed by atoms with Crippen LogP contribution in [0.5, 0.6) is 11.5 Å². The second kappa shape index (κ2) is 9.45. The first kappa shape index (κ1) is 21.6. The Morgan fingerprint density at radius 3 is 2.46 bits per heavy atom. The minimum atomic E-state index is -3.61. The quantitative estimate of drug-likeness (QED) is 0.673. The van der Waals surface area contributed by atoms with Crippen molar-refractivity contribution in [2.24, 2.45) is 0 Å². The largest absolute Gasteiger partial charge is 0.497 e. The number of methoxy groups -OCH3 is 1. The molecule has 152 valence electrons. The summed E-state index contributed by atoms with van der Waals surface area (Å²) in [6.45, 7) is 4.27. The zero-order valence-electron chi connectivity index (χ0n) is 16.5. The molecule has 0 aliphatic heterocycles. The fraction of sp³-hybridized carbons (Fsp3) is 0.350. The van der Waals surface area contributed by atoms with Crippen LogP contribution in [0.1, 0.15) is 25.8 Å². The summed E-state index contributed by atoms with van der Waals surface area (Å²) in [6.07, 6.45) is 1.76. The van der Waals surface area contributed by atoms with Crippen molar-refractivity contribution in [3.8, 4) is 11.5 Å². The van der Waals surface area contributed by atoms with E-state index in [2.05, 4.69) is 5.32 Å². The average Bonchev–Trinajstić information content (AvgIpc) is 2.64. The molecule has 2 amide bonds. The SMILES string of the molecule is CC[C@H](C)N(Cc1cccc(OS(C)(=O)=O)c1)C(=O)Nc1cccc(OC)c1. The van der Waals surface area contributed by atoms with Gasteiger partial charge in [-0.25, -0.2) is 4.79 Å². The number of rotatable bonds is 8. The van der Waals surface area contributed by atoms with Crippen molar-refractivity contribution < 1.29 is 22.1 Å². The van der Waals surface area contributed by atoms with Gasteiger partial charge in [0.2, 0.25) is 0 Å². The van der Waals surface area contributed by atoms with E-state index in [9.17, 15) is 13.2 Å². The van der Waals surface area contributed by atoms with Crippen LogP contribution in [0.15, 0.2) is 48.5 Å². The zero-order chi connectivity index (χ0) is 20.7. The molecular formula is C20H26N2O5S. The van der Waals surface area contributed by atoms with Gasteiger partial charge in [0.05, 0.1) is 13.4 Å². The van der Waals surface area contributed by atoms with Crippen molar-refractivity contribution in [3.63, 3.8) is 0 Å². The van der Waals surface area contributed by atoms with Crippen LogP contribution in [0.2, 0.25) is 0 Å². The fourth-order valence-electron chi connectivity index (χ4n) is 2.61. The third-order valence-electron chi connectivity index (χ3n) is 4.20. The highest BCUT2D eigenvalue weighted by Gasteiger charge is 2.20. The van der Waals surface area contributed by atoms with Crippen LogP contribution in [0, 0.1) is 0 Å². The van der Waals surface area contributed by atoms with Gasteiger partial charge in [-0.05, 0) is 43.2 Å². The Hall–Kier alpha value is -2.74. The average molecular weight is 407 g/mol. The summed E-state index contributed by atoms with van der Waals surface area (Å²) >= 11 is 0. The van der Waals surface area contributed by atoms with Gasteiger partial charge in [0.15, 0.2) is 0 Å². The Morgan fingerprint density at radius 1 is 1.14 bits per heavy atom. The lowest BCUT2D eigenvalue weighted by Gasteiger charge is -2.29. The number of nitrogens with one attached hydrogen (secondary N) is 1. The first-order valence-corrected chi connectivity index (χ1v) is 10.7. The number of ether oxygens (including phenoxy) is 1. The summed E-state index contributed by atoms with van der Waals surface area (Å²) in [5, 5.41) is 2.88. The molecule has 0 bridgehead atoms. The highest BCUT2D eigenvalue weighted by atomic mass is 32.2. The maximum atomic E-state index is 12.9. The molecule has 0 saturated heterocycles. The van der Waals surface area contributed by atoms with E-state index >= 15 is 0 Å². The number of amides is 2. The molecule has 2 aromatic rings. The van der Waals surface area contributed by atoms with E-state index in [0.29, 0.717) is 18.0 Å². The number of anilines is 1. The summed E-state index contributed by atoms with van der Waals surface area (Å²) < 4.78 is 32.8. The summed E-state index contributed by atoms with van der Waals surface area (Å²) in [7, 11) is -2.04. The lowest BCUT2D eigenvalue weighted by molar-refractivity contribution is 0.187. The van der Waals surface area contributed by atoms with Gasteiger partial charge in [-0.2, -0.15) is 8.42 Å².